The standard InChI is InChI=1S/C20H12N2O6/c23-17(24)10-11-4-6-12(7-5-11)21-19(25)14-3-1-2-13-16(22(27)28)9-8-15(18(13)14)20(21)26/h1-9H,10H2,(H,23,24). The van der Waals surface area contributed by atoms with Crippen molar-refractivity contribution in [1.82, 2.24) is 0 Å². The molecule has 1 aliphatic heterocycles. The molecule has 0 unspecified atom stereocenters. The summed E-state index contributed by atoms with van der Waals surface area (Å²) in [4.78, 5) is 48.5. The van der Waals surface area contributed by atoms with Gasteiger partial charge in [-0.3, -0.25) is 24.5 Å². The highest BCUT2D eigenvalue weighted by Gasteiger charge is 2.35. The Morgan fingerprint density at radius 2 is 1.61 bits per heavy atom. The van der Waals surface area contributed by atoms with Gasteiger partial charge in [0, 0.05) is 22.6 Å². The predicted molar refractivity (Wildman–Crippen MR) is 99.5 cm³/mol. The van der Waals surface area contributed by atoms with E-state index in [1.165, 1.54) is 54.6 Å². The molecule has 0 aromatic heterocycles. The van der Waals surface area contributed by atoms with Crippen LogP contribution in [0.25, 0.3) is 10.8 Å². The lowest BCUT2D eigenvalue weighted by atomic mass is 9.92. The molecule has 0 saturated carbocycles. The maximum atomic E-state index is 13.0. The molecule has 3 aromatic carbocycles. The van der Waals surface area contributed by atoms with Crippen LogP contribution in [0.15, 0.2) is 54.6 Å². The number of rotatable bonds is 4. The third-order valence-corrected chi connectivity index (χ3v) is 4.63. The molecule has 0 bridgehead atoms. The lowest BCUT2D eigenvalue weighted by molar-refractivity contribution is -0.383. The highest BCUT2D eigenvalue weighted by Crippen LogP contribution is 2.36. The van der Waals surface area contributed by atoms with Crippen LogP contribution in [-0.2, 0) is 11.2 Å². The van der Waals surface area contributed by atoms with Crippen molar-refractivity contribution >= 4 is 39.9 Å². The first-order valence-electron chi connectivity index (χ1n) is 8.28. The van der Waals surface area contributed by atoms with E-state index in [9.17, 15) is 24.5 Å². The van der Waals surface area contributed by atoms with E-state index in [1.807, 2.05) is 0 Å². The Balaban J connectivity index is 1.85. The third kappa shape index (κ3) is 2.59. The first-order chi connectivity index (χ1) is 13.4. The summed E-state index contributed by atoms with van der Waals surface area (Å²) in [7, 11) is 0. The van der Waals surface area contributed by atoms with E-state index in [0.717, 1.165) is 4.90 Å². The molecule has 0 saturated heterocycles. The molecule has 8 heteroatoms. The van der Waals surface area contributed by atoms with Crippen molar-refractivity contribution in [2.24, 2.45) is 0 Å². The van der Waals surface area contributed by atoms with E-state index in [1.54, 1.807) is 0 Å². The van der Waals surface area contributed by atoms with Gasteiger partial charge in [-0.2, -0.15) is 0 Å². The van der Waals surface area contributed by atoms with Gasteiger partial charge < -0.3 is 5.11 Å². The zero-order valence-corrected chi connectivity index (χ0v) is 14.3. The number of nitro groups is 1. The second-order valence-electron chi connectivity index (χ2n) is 6.30. The van der Waals surface area contributed by atoms with Gasteiger partial charge >= 0.3 is 5.97 Å². The molecule has 0 fully saturated rings. The third-order valence-electron chi connectivity index (χ3n) is 4.63. The highest BCUT2D eigenvalue weighted by atomic mass is 16.6. The number of nitro benzene ring substituents is 1. The largest absolute Gasteiger partial charge is 0.481 e. The summed E-state index contributed by atoms with van der Waals surface area (Å²) in [6.07, 6.45) is -0.173. The quantitative estimate of drug-likeness (QED) is 0.424. The number of benzene rings is 3. The minimum Gasteiger partial charge on any atom is -0.481 e. The number of hydrogen-bond donors (Lipinski definition) is 1. The number of aliphatic carboxylic acids is 1. The van der Waals surface area contributed by atoms with Crippen LogP contribution in [0.2, 0.25) is 0 Å². The molecule has 0 aliphatic carbocycles. The number of nitrogens with zero attached hydrogens (tertiary/aromatic N) is 2. The van der Waals surface area contributed by atoms with Gasteiger partial charge in [0.25, 0.3) is 17.5 Å². The van der Waals surface area contributed by atoms with Crippen LogP contribution in [0, 0.1) is 10.1 Å². The van der Waals surface area contributed by atoms with Crippen molar-refractivity contribution in [3.8, 4) is 0 Å². The van der Waals surface area contributed by atoms with E-state index in [4.69, 9.17) is 5.11 Å². The fraction of sp³-hybridized carbons (Fsp3) is 0.0500. The van der Waals surface area contributed by atoms with Crippen LogP contribution in [0.3, 0.4) is 0 Å². The number of carboxylic acids is 1. The maximum absolute atomic E-state index is 13.0. The maximum Gasteiger partial charge on any atom is 0.307 e. The Hall–Kier alpha value is -4.07. The van der Waals surface area contributed by atoms with E-state index < -0.39 is 22.7 Å². The van der Waals surface area contributed by atoms with E-state index in [2.05, 4.69) is 0 Å². The van der Waals surface area contributed by atoms with Crippen molar-refractivity contribution in [1.29, 1.82) is 0 Å². The molecule has 0 spiro atoms. The molecule has 138 valence electrons. The van der Waals surface area contributed by atoms with Gasteiger partial charge in [-0.1, -0.05) is 18.2 Å². The van der Waals surface area contributed by atoms with Crippen LogP contribution >= 0.6 is 0 Å². The fourth-order valence-corrected chi connectivity index (χ4v) is 3.41. The van der Waals surface area contributed by atoms with Crippen molar-refractivity contribution < 1.29 is 24.4 Å². The van der Waals surface area contributed by atoms with Gasteiger partial charge in [0.05, 0.1) is 22.4 Å². The molecule has 3 aromatic rings. The number of hydrogen-bond acceptors (Lipinski definition) is 5. The average molecular weight is 376 g/mol. The molecule has 4 rings (SSSR count). The number of carbonyl (C=O) groups excluding carboxylic acids is 2. The van der Waals surface area contributed by atoms with Gasteiger partial charge in [0.15, 0.2) is 0 Å². The van der Waals surface area contributed by atoms with Gasteiger partial charge in [0.2, 0.25) is 0 Å². The second kappa shape index (κ2) is 6.27. The minimum atomic E-state index is -0.986. The van der Waals surface area contributed by atoms with Crippen LogP contribution in [0.1, 0.15) is 26.3 Å². The summed E-state index contributed by atoms with van der Waals surface area (Å²) >= 11 is 0. The number of imide groups is 1. The summed E-state index contributed by atoms with van der Waals surface area (Å²) in [5.74, 6) is -2.16. The normalized spacial score (nSPS) is 13.1. The molecule has 8 nitrogen and oxygen atoms in total. The number of carbonyl (C=O) groups is 3. The van der Waals surface area contributed by atoms with E-state index >= 15 is 0 Å². The van der Waals surface area contributed by atoms with E-state index in [-0.39, 0.29) is 34.0 Å². The first-order valence-corrected chi connectivity index (χ1v) is 8.28. The van der Waals surface area contributed by atoms with Crippen LogP contribution in [0.5, 0.6) is 0 Å². The molecule has 1 N–H and O–H groups in total. The van der Waals surface area contributed by atoms with Crippen LogP contribution in [0.4, 0.5) is 11.4 Å². The van der Waals surface area contributed by atoms with Crippen molar-refractivity contribution in [3.05, 3.63) is 81.4 Å². The Labute approximate surface area is 157 Å². The fourth-order valence-electron chi connectivity index (χ4n) is 3.41. The lowest BCUT2D eigenvalue weighted by Gasteiger charge is -2.27. The molecule has 2 amide bonds. The Morgan fingerprint density at radius 1 is 0.964 bits per heavy atom. The van der Waals surface area contributed by atoms with Crippen LogP contribution < -0.4 is 4.90 Å². The molecule has 28 heavy (non-hydrogen) atoms. The van der Waals surface area contributed by atoms with Gasteiger partial charge in [-0.05, 0) is 35.9 Å². The van der Waals surface area contributed by atoms with Crippen LogP contribution in [-0.4, -0.2) is 27.8 Å². The highest BCUT2D eigenvalue weighted by molar-refractivity contribution is 6.36. The summed E-state index contributed by atoms with van der Waals surface area (Å²) in [6, 6.07) is 13.3. The molecule has 1 heterocycles. The van der Waals surface area contributed by atoms with Crippen molar-refractivity contribution in [2.45, 2.75) is 6.42 Å². The van der Waals surface area contributed by atoms with E-state index in [0.29, 0.717) is 11.3 Å². The Morgan fingerprint density at radius 3 is 2.21 bits per heavy atom. The Bertz CT molecular complexity index is 1160. The summed E-state index contributed by atoms with van der Waals surface area (Å²) in [5.41, 5.74) is 1.06. The number of amides is 2. The number of carboxylic acid groups (broad SMARTS) is 1. The molecular formula is C20H12N2O6. The monoisotopic (exact) mass is 376 g/mol. The molecule has 1 aliphatic rings. The zero-order valence-electron chi connectivity index (χ0n) is 14.3. The van der Waals surface area contributed by atoms with Gasteiger partial charge in [-0.15, -0.1) is 0 Å². The average Bonchev–Trinajstić information content (AvgIpc) is 2.66. The minimum absolute atomic E-state index is 0.173. The van der Waals surface area contributed by atoms with Crippen molar-refractivity contribution in [3.63, 3.8) is 0 Å². The smallest absolute Gasteiger partial charge is 0.307 e. The molecular weight excluding hydrogens is 364 g/mol. The predicted octanol–water partition coefficient (Wildman–Crippen LogP) is 3.18. The molecule has 0 atom stereocenters. The van der Waals surface area contributed by atoms with Crippen molar-refractivity contribution in [2.75, 3.05) is 4.90 Å². The molecule has 0 radical (unpaired) electrons. The number of non-ortho nitro benzene ring substituents is 1. The van der Waals surface area contributed by atoms with Gasteiger partial charge in [0.1, 0.15) is 0 Å². The Kier molecular flexibility index (Phi) is 3.89. The number of anilines is 1. The lowest BCUT2D eigenvalue weighted by Crippen LogP contribution is -2.40. The summed E-state index contributed by atoms with van der Waals surface area (Å²) < 4.78 is 0. The first kappa shape index (κ1) is 17.3. The summed E-state index contributed by atoms with van der Waals surface area (Å²) in [6.45, 7) is 0. The van der Waals surface area contributed by atoms with Gasteiger partial charge in [-0.25, -0.2) is 4.90 Å². The SMILES string of the molecule is O=C(O)Cc1ccc(N2C(=O)c3cccc4c([N+](=O)[O-])ccc(c34)C2=O)cc1. The second-order valence-corrected chi connectivity index (χ2v) is 6.30. The summed E-state index contributed by atoms with van der Waals surface area (Å²) in [5, 5.41) is 20.6. The topological polar surface area (TPSA) is 118 Å². The zero-order chi connectivity index (χ0) is 20.0.